The van der Waals surface area contributed by atoms with Gasteiger partial charge in [0, 0.05) is 0 Å². The summed E-state index contributed by atoms with van der Waals surface area (Å²) in [6.45, 7) is -0.596. The Bertz CT molecular complexity index is 590. The fourth-order valence-corrected chi connectivity index (χ4v) is 1.63. The molecule has 106 valence electrons. The number of halogens is 5. The third-order valence-electron chi connectivity index (χ3n) is 2.61. The van der Waals surface area contributed by atoms with E-state index in [-0.39, 0.29) is 0 Å². The largest absolute Gasteiger partial charge is 0.522 e. The molecule has 0 fully saturated rings. The molecule has 0 aliphatic carbocycles. The van der Waals surface area contributed by atoms with Gasteiger partial charge >= 0.3 is 6.36 Å². The van der Waals surface area contributed by atoms with Crippen LogP contribution in [0, 0.1) is 11.6 Å². The average Bonchev–Trinajstić information content (AvgIpc) is 2.39. The first-order chi connectivity index (χ1) is 9.35. The third kappa shape index (κ3) is 3.77. The Hall–Kier alpha value is -1.95. The molecule has 1 nitrogen and oxygen atoms in total. The van der Waals surface area contributed by atoms with Gasteiger partial charge < -0.3 is 0 Å². The van der Waals surface area contributed by atoms with E-state index in [1.165, 1.54) is 30.3 Å². The van der Waals surface area contributed by atoms with Gasteiger partial charge in [0.15, 0.2) is 11.6 Å². The highest BCUT2D eigenvalue weighted by Gasteiger charge is 2.28. The topological polar surface area (TPSA) is 9.23 Å². The maximum Gasteiger partial charge on any atom is 0.522 e. The Labute approximate surface area is 111 Å². The molecule has 0 heterocycles. The van der Waals surface area contributed by atoms with Crippen LogP contribution in [-0.2, 0) is 11.3 Å². The molecular formula is C14H9F5O. The zero-order valence-corrected chi connectivity index (χ0v) is 10.0. The third-order valence-corrected chi connectivity index (χ3v) is 2.61. The Morgan fingerprint density at radius 2 is 1.40 bits per heavy atom. The van der Waals surface area contributed by atoms with Crippen molar-refractivity contribution in [2.75, 3.05) is 0 Å². The Balaban J connectivity index is 2.13. The van der Waals surface area contributed by atoms with E-state index in [0.29, 0.717) is 16.7 Å². The molecule has 6 heteroatoms. The maximum atomic E-state index is 13.1. The van der Waals surface area contributed by atoms with Crippen LogP contribution in [-0.4, -0.2) is 6.36 Å². The van der Waals surface area contributed by atoms with Crippen molar-refractivity contribution in [1.82, 2.24) is 0 Å². The van der Waals surface area contributed by atoms with E-state index < -0.39 is 24.6 Å². The summed E-state index contributed by atoms with van der Waals surface area (Å²) in [6, 6.07) is 9.30. The van der Waals surface area contributed by atoms with E-state index in [0.717, 1.165) is 12.1 Å². The fourth-order valence-electron chi connectivity index (χ4n) is 1.63. The molecular weight excluding hydrogens is 279 g/mol. The van der Waals surface area contributed by atoms with E-state index in [4.69, 9.17) is 0 Å². The second kappa shape index (κ2) is 5.58. The zero-order chi connectivity index (χ0) is 14.8. The predicted molar refractivity (Wildman–Crippen MR) is 62.6 cm³/mol. The van der Waals surface area contributed by atoms with Crippen LogP contribution in [0.2, 0.25) is 0 Å². The molecule has 0 saturated heterocycles. The number of benzene rings is 2. The van der Waals surface area contributed by atoms with Gasteiger partial charge in [-0.15, -0.1) is 13.2 Å². The minimum absolute atomic E-state index is 0.327. The first-order valence-corrected chi connectivity index (χ1v) is 5.60. The van der Waals surface area contributed by atoms with Gasteiger partial charge in [0.1, 0.15) is 0 Å². The molecule has 20 heavy (non-hydrogen) atoms. The lowest BCUT2D eigenvalue weighted by Gasteiger charge is -2.08. The lowest BCUT2D eigenvalue weighted by atomic mass is 10.0. The molecule has 0 aliphatic heterocycles. The Morgan fingerprint density at radius 3 is 1.95 bits per heavy atom. The van der Waals surface area contributed by atoms with Crippen molar-refractivity contribution in [3.05, 3.63) is 59.7 Å². The van der Waals surface area contributed by atoms with Crippen LogP contribution in [0.25, 0.3) is 11.1 Å². The first kappa shape index (κ1) is 14.5. The van der Waals surface area contributed by atoms with Crippen LogP contribution >= 0.6 is 0 Å². The molecule has 0 amide bonds. The van der Waals surface area contributed by atoms with Crippen molar-refractivity contribution in [2.24, 2.45) is 0 Å². The second-order valence-corrected chi connectivity index (χ2v) is 4.06. The number of ether oxygens (including phenoxy) is 1. The summed E-state index contributed by atoms with van der Waals surface area (Å²) in [4.78, 5) is 0. The minimum atomic E-state index is -4.68. The Kier molecular flexibility index (Phi) is 4.04. The van der Waals surface area contributed by atoms with E-state index in [2.05, 4.69) is 4.74 Å². The molecule has 0 atom stereocenters. The van der Waals surface area contributed by atoms with Crippen molar-refractivity contribution < 1.29 is 26.7 Å². The van der Waals surface area contributed by atoms with Gasteiger partial charge in [-0.25, -0.2) is 8.78 Å². The summed E-state index contributed by atoms with van der Waals surface area (Å²) in [6.07, 6.45) is -4.68. The Morgan fingerprint density at radius 1 is 0.800 bits per heavy atom. The fraction of sp³-hybridized carbons (Fsp3) is 0.143. The van der Waals surface area contributed by atoms with Crippen LogP contribution in [0.4, 0.5) is 22.0 Å². The number of rotatable bonds is 3. The van der Waals surface area contributed by atoms with Gasteiger partial charge in [0.05, 0.1) is 6.61 Å². The maximum absolute atomic E-state index is 13.1. The van der Waals surface area contributed by atoms with Crippen molar-refractivity contribution in [2.45, 2.75) is 13.0 Å². The quantitative estimate of drug-likeness (QED) is 0.746. The molecule has 0 spiro atoms. The molecule has 0 aliphatic rings. The van der Waals surface area contributed by atoms with Gasteiger partial charge in [-0.05, 0) is 28.8 Å². The van der Waals surface area contributed by atoms with Gasteiger partial charge in [0.25, 0.3) is 0 Å². The highest BCUT2D eigenvalue weighted by atomic mass is 19.4. The summed E-state index contributed by atoms with van der Waals surface area (Å²) in [7, 11) is 0. The molecule has 0 aromatic heterocycles. The van der Waals surface area contributed by atoms with Crippen LogP contribution in [0.3, 0.4) is 0 Å². The normalized spacial score (nSPS) is 11.7. The molecule has 2 aromatic carbocycles. The lowest BCUT2D eigenvalue weighted by molar-refractivity contribution is -0.330. The van der Waals surface area contributed by atoms with Crippen LogP contribution in [0.1, 0.15) is 5.56 Å². The number of hydrogen-bond acceptors (Lipinski definition) is 1. The van der Waals surface area contributed by atoms with Crippen molar-refractivity contribution in [1.29, 1.82) is 0 Å². The SMILES string of the molecule is Fc1ccc(-c2ccc(COC(F)(F)F)cc2)cc1F. The molecule has 0 radical (unpaired) electrons. The molecule has 0 saturated carbocycles. The van der Waals surface area contributed by atoms with E-state index >= 15 is 0 Å². The molecule has 2 aromatic rings. The predicted octanol–water partition coefficient (Wildman–Crippen LogP) is 4.67. The smallest absolute Gasteiger partial charge is 0.287 e. The summed E-state index contributed by atoms with van der Waals surface area (Å²) in [5.41, 5.74) is 1.33. The van der Waals surface area contributed by atoms with Crippen LogP contribution < -0.4 is 0 Å². The monoisotopic (exact) mass is 288 g/mol. The van der Waals surface area contributed by atoms with E-state index in [1.54, 1.807) is 0 Å². The molecule has 0 N–H and O–H groups in total. The summed E-state index contributed by atoms with van der Waals surface area (Å²) in [5, 5.41) is 0. The standard InChI is InChI=1S/C14H9F5O/c15-12-6-5-11(7-13(12)16)10-3-1-9(2-4-10)8-20-14(17,18)19/h1-7H,8H2. The summed E-state index contributed by atoms with van der Waals surface area (Å²) in [5.74, 6) is -1.93. The van der Waals surface area contributed by atoms with Crippen molar-refractivity contribution >= 4 is 0 Å². The van der Waals surface area contributed by atoms with Crippen LogP contribution in [0.5, 0.6) is 0 Å². The highest BCUT2D eigenvalue weighted by Crippen LogP contribution is 2.23. The summed E-state index contributed by atoms with van der Waals surface area (Å²) >= 11 is 0. The van der Waals surface area contributed by atoms with Crippen molar-refractivity contribution in [3.8, 4) is 11.1 Å². The lowest BCUT2D eigenvalue weighted by Crippen LogP contribution is -2.12. The van der Waals surface area contributed by atoms with Gasteiger partial charge in [0.2, 0.25) is 0 Å². The summed E-state index contributed by atoms with van der Waals surface area (Å²) < 4.78 is 65.2. The second-order valence-electron chi connectivity index (χ2n) is 4.06. The van der Waals surface area contributed by atoms with E-state index in [9.17, 15) is 22.0 Å². The zero-order valence-electron chi connectivity index (χ0n) is 10.0. The molecule has 2 rings (SSSR count). The minimum Gasteiger partial charge on any atom is -0.287 e. The van der Waals surface area contributed by atoms with Gasteiger partial charge in [-0.3, -0.25) is 4.74 Å². The average molecular weight is 288 g/mol. The molecule has 0 unspecified atom stereocenters. The first-order valence-electron chi connectivity index (χ1n) is 5.60. The molecule has 0 bridgehead atoms. The number of hydrogen-bond donors (Lipinski definition) is 0. The van der Waals surface area contributed by atoms with Gasteiger partial charge in [-0.1, -0.05) is 30.3 Å². The van der Waals surface area contributed by atoms with Crippen LogP contribution in [0.15, 0.2) is 42.5 Å². The highest BCUT2D eigenvalue weighted by molar-refractivity contribution is 5.63. The van der Waals surface area contributed by atoms with Crippen molar-refractivity contribution in [3.63, 3.8) is 0 Å². The van der Waals surface area contributed by atoms with Gasteiger partial charge in [-0.2, -0.15) is 0 Å². The van der Waals surface area contributed by atoms with E-state index in [1.807, 2.05) is 0 Å². The number of alkyl halides is 3.